The van der Waals surface area contributed by atoms with Gasteiger partial charge in [-0.15, -0.1) is 0 Å². The van der Waals surface area contributed by atoms with E-state index in [1.165, 1.54) is 6.42 Å². The van der Waals surface area contributed by atoms with E-state index in [0.29, 0.717) is 24.7 Å². The molecule has 1 aromatic rings. The number of nitrogen functional groups attached to an aromatic ring is 1. The van der Waals surface area contributed by atoms with Crippen LogP contribution in [0.2, 0.25) is 0 Å². The molecule has 0 atom stereocenters. The third-order valence-electron chi connectivity index (χ3n) is 3.71. The molecule has 1 aliphatic carbocycles. The number of amides is 1. The Kier molecular flexibility index (Phi) is 5.18. The normalized spacial score (nSPS) is 15.2. The van der Waals surface area contributed by atoms with Crippen LogP contribution in [0.1, 0.15) is 31.2 Å². The van der Waals surface area contributed by atoms with E-state index in [1.54, 1.807) is 6.08 Å². The third kappa shape index (κ3) is 3.84. The Hall–Kier alpha value is -1.81. The quantitative estimate of drug-likeness (QED) is 0.616. The van der Waals surface area contributed by atoms with Crippen LogP contribution in [0.3, 0.4) is 0 Å². The first kappa shape index (κ1) is 14.6. The van der Waals surface area contributed by atoms with Gasteiger partial charge in [-0.05, 0) is 49.5 Å². The van der Waals surface area contributed by atoms with Crippen molar-refractivity contribution < 1.29 is 9.90 Å². The number of carbonyl (C=O) groups excluding carboxylic acids is 1. The number of nitrogens with two attached hydrogens (primary N) is 1. The van der Waals surface area contributed by atoms with E-state index in [2.05, 4.69) is 0 Å². The van der Waals surface area contributed by atoms with Gasteiger partial charge in [0.2, 0.25) is 5.91 Å². The van der Waals surface area contributed by atoms with Crippen molar-refractivity contribution in [2.24, 2.45) is 0 Å². The van der Waals surface area contributed by atoms with E-state index in [4.69, 9.17) is 10.8 Å². The summed E-state index contributed by atoms with van der Waals surface area (Å²) in [6.45, 7) is 0.754. The molecule has 0 aromatic heterocycles. The second kappa shape index (κ2) is 7.10. The molecular weight excluding hydrogens is 252 g/mol. The lowest BCUT2D eigenvalue weighted by atomic mass is 9.91. The molecule has 0 heterocycles. The molecule has 1 amide bonds. The Labute approximate surface area is 119 Å². The van der Waals surface area contributed by atoms with Gasteiger partial charge in [0, 0.05) is 31.0 Å². The Balaban J connectivity index is 1.97. The summed E-state index contributed by atoms with van der Waals surface area (Å²) in [6, 6.07) is 7.77. The second-order valence-electron chi connectivity index (χ2n) is 5.19. The Bertz CT molecular complexity index is 464. The van der Waals surface area contributed by atoms with Crippen molar-refractivity contribution in [1.82, 2.24) is 4.90 Å². The first-order valence-electron chi connectivity index (χ1n) is 7.16. The van der Waals surface area contributed by atoms with E-state index in [9.17, 15) is 4.79 Å². The molecule has 0 spiro atoms. The Morgan fingerprint density at radius 1 is 1.35 bits per heavy atom. The number of nitrogens with zero attached hydrogens (tertiary/aromatic N) is 1. The predicted molar refractivity (Wildman–Crippen MR) is 80.9 cm³/mol. The summed E-state index contributed by atoms with van der Waals surface area (Å²) in [5.41, 5.74) is 7.30. The monoisotopic (exact) mass is 274 g/mol. The summed E-state index contributed by atoms with van der Waals surface area (Å²) < 4.78 is 0. The fourth-order valence-electron chi connectivity index (χ4n) is 2.28. The van der Waals surface area contributed by atoms with Gasteiger partial charge in [-0.1, -0.05) is 12.1 Å². The number of aliphatic hydroxyl groups is 1. The molecule has 2 rings (SSSR count). The first-order valence-corrected chi connectivity index (χ1v) is 7.16. The molecule has 0 saturated heterocycles. The molecule has 20 heavy (non-hydrogen) atoms. The zero-order valence-electron chi connectivity index (χ0n) is 11.7. The van der Waals surface area contributed by atoms with Crippen molar-refractivity contribution in [2.75, 3.05) is 18.9 Å². The van der Waals surface area contributed by atoms with Crippen molar-refractivity contribution in [1.29, 1.82) is 0 Å². The van der Waals surface area contributed by atoms with Crippen LogP contribution >= 0.6 is 0 Å². The minimum Gasteiger partial charge on any atom is -0.399 e. The molecule has 0 unspecified atom stereocenters. The van der Waals surface area contributed by atoms with E-state index < -0.39 is 0 Å². The number of anilines is 1. The van der Waals surface area contributed by atoms with Crippen LogP contribution in [0.5, 0.6) is 0 Å². The second-order valence-corrected chi connectivity index (χ2v) is 5.19. The maximum atomic E-state index is 12.3. The highest BCUT2D eigenvalue weighted by molar-refractivity contribution is 5.92. The Morgan fingerprint density at radius 2 is 2.05 bits per heavy atom. The Morgan fingerprint density at radius 3 is 2.60 bits per heavy atom. The summed E-state index contributed by atoms with van der Waals surface area (Å²) in [6.07, 6.45) is 7.40. The summed E-state index contributed by atoms with van der Waals surface area (Å²) in [4.78, 5) is 14.1. The highest BCUT2D eigenvalue weighted by Gasteiger charge is 2.26. The summed E-state index contributed by atoms with van der Waals surface area (Å²) >= 11 is 0. The van der Waals surface area contributed by atoms with E-state index in [0.717, 1.165) is 18.4 Å². The minimum absolute atomic E-state index is 0.0278. The van der Waals surface area contributed by atoms with E-state index >= 15 is 0 Å². The number of benzene rings is 1. The number of aliphatic hydroxyl groups excluding tert-OH is 1. The van der Waals surface area contributed by atoms with Crippen LogP contribution in [-0.4, -0.2) is 35.1 Å². The molecule has 1 aliphatic rings. The molecule has 1 saturated carbocycles. The SMILES string of the molecule is Nc1ccc(/C=C/C(=O)N(CCCO)C2CCC2)cc1. The molecule has 1 aromatic carbocycles. The highest BCUT2D eigenvalue weighted by atomic mass is 16.3. The zero-order valence-corrected chi connectivity index (χ0v) is 11.7. The molecule has 3 N–H and O–H groups in total. The molecule has 4 heteroatoms. The maximum absolute atomic E-state index is 12.3. The molecule has 1 fully saturated rings. The molecule has 108 valence electrons. The van der Waals surface area contributed by atoms with Crippen LogP contribution < -0.4 is 5.73 Å². The van der Waals surface area contributed by atoms with Gasteiger partial charge in [0.15, 0.2) is 0 Å². The largest absolute Gasteiger partial charge is 0.399 e. The van der Waals surface area contributed by atoms with Gasteiger partial charge in [0.1, 0.15) is 0 Å². The predicted octanol–water partition coefficient (Wildman–Crippen LogP) is 2.05. The molecule has 0 aliphatic heterocycles. The van der Waals surface area contributed by atoms with E-state index in [-0.39, 0.29) is 12.5 Å². The number of hydrogen-bond donors (Lipinski definition) is 2. The van der Waals surface area contributed by atoms with Crippen LogP contribution in [0.4, 0.5) is 5.69 Å². The lowest BCUT2D eigenvalue weighted by molar-refractivity contribution is -0.130. The average Bonchev–Trinajstić information content (AvgIpc) is 2.40. The lowest BCUT2D eigenvalue weighted by Gasteiger charge is -2.37. The van der Waals surface area contributed by atoms with E-state index in [1.807, 2.05) is 35.2 Å². The number of carbonyl (C=O) groups is 1. The van der Waals surface area contributed by atoms with Gasteiger partial charge in [-0.25, -0.2) is 0 Å². The van der Waals surface area contributed by atoms with Crippen LogP contribution in [0.15, 0.2) is 30.3 Å². The van der Waals surface area contributed by atoms with Crippen LogP contribution in [-0.2, 0) is 4.79 Å². The summed E-state index contributed by atoms with van der Waals surface area (Å²) in [7, 11) is 0. The third-order valence-corrected chi connectivity index (χ3v) is 3.71. The van der Waals surface area contributed by atoms with Crippen molar-refractivity contribution in [2.45, 2.75) is 31.7 Å². The minimum atomic E-state index is 0.0278. The van der Waals surface area contributed by atoms with Crippen LogP contribution in [0.25, 0.3) is 6.08 Å². The fraction of sp³-hybridized carbons (Fsp3) is 0.438. The van der Waals surface area contributed by atoms with Gasteiger partial charge in [-0.2, -0.15) is 0 Å². The number of hydrogen-bond acceptors (Lipinski definition) is 3. The molecule has 4 nitrogen and oxygen atoms in total. The van der Waals surface area contributed by atoms with Gasteiger partial charge >= 0.3 is 0 Å². The first-order chi connectivity index (χ1) is 9.70. The standard InChI is InChI=1S/C16H22N2O2/c17-14-8-5-13(6-9-14)7-10-16(20)18(11-2-12-19)15-3-1-4-15/h5-10,15,19H,1-4,11-12,17H2/b10-7+. The lowest BCUT2D eigenvalue weighted by Crippen LogP contribution is -2.44. The summed E-state index contributed by atoms with van der Waals surface area (Å²) in [5.74, 6) is 0.0278. The van der Waals surface area contributed by atoms with Gasteiger partial charge in [0.05, 0.1) is 0 Å². The molecule has 0 radical (unpaired) electrons. The number of rotatable bonds is 6. The zero-order chi connectivity index (χ0) is 14.4. The highest BCUT2D eigenvalue weighted by Crippen LogP contribution is 2.25. The van der Waals surface area contributed by atoms with Gasteiger partial charge < -0.3 is 15.7 Å². The summed E-state index contributed by atoms with van der Waals surface area (Å²) in [5, 5.41) is 8.94. The molecule has 0 bridgehead atoms. The van der Waals surface area contributed by atoms with Gasteiger partial charge in [-0.3, -0.25) is 4.79 Å². The topological polar surface area (TPSA) is 66.6 Å². The van der Waals surface area contributed by atoms with Crippen molar-refractivity contribution in [3.63, 3.8) is 0 Å². The molecular formula is C16H22N2O2. The fourth-order valence-corrected chi connectivity index (χ4v) is 2.28. The van der Waals surface area contributed by atoms with Gasteiger partial charge in [0.25, 0.3) is 0 Å². The van der Waals surface area contributed by atoms with Crippen molar-refractivity contribution in [3.8, 4) is 0 Å². The van der Waals surface area contributed by atoms with Crippen LogP contribution in [0, 0.1) is 0 Å². The van der Waals surface area contributed by atoms with Crippen molar-refractivity contribution in [3.05, 3.63) is 35.9 Å². The smallest absolute Gasteiger partial charge is 0.246 e. The average molecular weight is 274 g/mol. The van der Waals surface area contributed by atoms with Crippen molar-refractivity contribution >= 4 is 17.7 Å². The maximum Gasteiger partial charge on any atom is 0.246 e.